The molecule has 1 aliphatic heterocycles. The molecule has 6 heteroatoms. The Morgan fingerprint density at radius 2 is 2.30 bits per heavy atom. The lowest BCUT2D eigenvalue weighted by molar-refractivity contribution is -0.132. The van der Waals surface area contributed by atoms with E-state index in [1.165, 1.54) is 5.69 Å². The average molecular weight is 314 g/mol. The van der Waals surface area contributed by atoms with Gasteiger partial charge in [0.15, 0.2) is 0 Å². The molecule has 1 amide bonds. The van der Waals surface area contributed by atoms with Crippen LogP contribution in [0.2, 0.25) is 0 Å². The van der Waals surface area contributed by atoms with Gasteiger partial charge in [0.25, 0.3) is 0 Å². The van der Waals surface area contributed by atoms with Crippen molar-refractivity contribution in [2.24, 2.45) is 7.05 Å². The topological polar surface area (TPSA) is 60.2 Å². The molecule has 0 aliphatic carbocycles. The van der Waals surface area contributed by atoms with E-state index in [2.05, 4.69) is 10.1 Å². The lowest BCUT2D eigenvalue weighted by Gasteiger charge is -2.33. The summed E-state index contributed by atoms with van der Waals surface area (Å²) in [7, 11) is 1.95. The monoisotopic (exact) mass is 314 g/mol. The smallest absolute Gasteiger partial charge is 0.228 e. The van der Waals surface area contributed by atoms with Crippen LogP contribution in [-0.2, 0) is 29.5 Å². The fourth-order valence-electron chi connectivity index (χ4n) is 3.11. The van der Waals surface area contributed by atoms with E-state index in [1.807, 2.05) is 47.9 Å². The molecular formula is C17H22N4O2. The maximum absolute atomic E-state index is 12.6. The Hall–Kier alpha value is -2.21. The number of ether oxygens (including phenoxy) is 1. The number of fused-ring (bicyclic) bond motifs is 1. The van der Waals surface area contributed by atoms with E-state index >= 15 is 0 Å². The molecule has 0 saturated carbocycles. The number of rotatable bonds is 5. The van der Waals surface area contributed by atoms with Crippen molar-refractivity contribution in [3.8, 4) is 0 Å². The van der Waals surface area contributed by atoms with Crippen LogP contribution in [0.3, 0.4) is 0 Å². The van der Waals surface area contributed by atoms with Crippen molar-refractivity contribution >= 4 is 5.91 Å². The maximum atomic E-state index is 12.6. The van der Waals surface area contributed by atoms with E-state index in [4.69, 9.17) is 4.74 Å². The van der Waals surface area contributed by atoms with Crippen molar-refractivity contribution in [3.05, 3.63) is 47.5 Å². The van der Waals surface area contributed by atoms with Crippen LogP contribution >= 0.6 is 0 Å². The molecule has 2 aromatic rings. The Morgan fingerprint density at radius 1 is 1.43 bits per heavy atom. The summed E-state index contributed by atoms with van der Waals surface area (Å²) in [6.45, 7) is 4.54. The first-order valence-corrected chi connectivity index (χ1v) is 7.95. The minimum atomic E-state index is 0.0969. The van der Waals surface area contributed by atoms with Crippen LogP contribution in [0, 0.1) is 0 Å². The second-order valence-corrected chi connectivity index (χ2v) is 5.81. The van der Waals surface area contributed by atoms with E-state index in [1.54, 1.807) is 6.20 Å². The molecular weight excluding hydrogens is 292 g/mol. The summed E-state index contributed by atoms with van der Waals surface area (Å²) in [5, 5.41) is 4.35. The van der Waals surface area contributed by atoms with Gasteiger partial charge >= 0.3 is 0 Å². The fraction of sp³-hybridized carbons (Fsp3) is 0.471. The van der Waals surface area contributed by atoms with Crippen LogP contribution in [0.1, 0.15) is 29.8 Å². The number of nitrogens with zero attached hydrogens (tertiary/aromatic N) is 4. The van der Waals surface area contributed by atoms with Gasteiger partial charge in [-0.1, -0.05) is 6.07 Å². The van der Waals surface area contributed by atoms with E-state index in [0.29, 0.717) is 32.7 Å². The molecule has 1 aliphatic rings. The molecule has 0 saturated heterocycles. The van der Waals surface area contributed by atoms with Crippen LogP contribution in [0.4, 0.5) is 0 Å². The number of aromatic nitrogens is 3. The number of hydrogen-bond donors (Lipinski definition) is 0. The quantitative estimate of drug-likeness (QED) is 0.839. The molecule has 3 heterocycles. The van der Waals surface area contributed by atoms with E-state index < -0.39 is 0 Å². The molecule has 0 N–H and O–H groups in total. The Kier molecular flexibility index (Phi) is 4.71. The van der Waals surface area contributed by atoms with Crippen molar-refractivity contribution < 1.29 is 9.53 Å². The van der Waals surface area contributed by atoms with Crippen LogP contribution in [0.5, 0.6) is 0 Å². The van der Waals surface area contributed by atoms with E-state index in [0.717, 1.165) is 11.3 Å². The lowest BCUT2D eigenvalue weighted by atomic mass is 9.96. The molecule has 23 heavy (non-hydrogen) atoms. The minimum Gasteiger partial charge on any atom is -0.381 e. The number of aryl methyl sites for hydroxylation is 1. The molecule has 122 valence electrons. The highest BCUT2D eigenvalue weighted by molar-refractivity contribution is 5.78. The summed E-state index contributed by atoms with van der Waals surface area (Å²) in [6, 6.07) is 5.65. The molecule has 0 spiro atoms. The molecule has 1 atom stereocenters. The molecule has 3 rings (SSSR count). The Morgan fingerprint density at radius 3 is 3.04 bits per heavy atom. The molecule has 0 bridgehead atoms. The van der Waals surface area contributed by atoms with Gasteiger partial charge in [0, 0.05) is 50.1 Å². The zero-order valence-corrected chi connectivity index (χ0v) is 13.6. The summed E-state index contributed by atoms with van der Waals surface area (Å²) in [5.41, 5.74) is 3.09. The molecule has 2 aromatic heterocycles. The summed E-state index contributed by atoms with van der Waals surface area (Å²) in [5.74, 6) is 0.263. The van der Waals surface area contributed by atoms with Crippen molar-refractivity contribution in [1.82, 2.24) is 19.7 Å². The summed E-state index contributed by atoms with van der Waals surface area (Å²) in [4.78, 5) is 18.8. The van der Waals surface area contributed by atoms with Crippen LogP contribution in [0.15, 0.2) is 30.6 Å². The highest BCUT2D eigenvalue weighted by atomic mass is 16.5. The van der Waals surface area contributed by atoms with Crippen LogP contribution in [-0.4, -0.2) is 45.3 Å². The van der Waals surface area contributed by atoms with Gasteiger partial charge in [-0.15, -0.1) is 0 Å². The van der Waals surface area contributed by atoms with Gasteiger partial charge in [-0.25, -0.2) is 0 Å². The summed E-state index contributed by atoms with van der Waals surface area (Å²) >= 11 is 0. The summed E-state index contributed by atoms with van der Waals surface area (Å²) in [6.07, 6.45) is 3.90. The average Bonchev–Trinajstić information content (AvgIpc) is 2.95. The Labute approximate surface area is 136 Å². The van der Waals surface area contributed by atoms with Crippen molar-refractivity contribution in [2.75, 3.05) is 19.8 Å². The number of amides is 1. The molecule has 0 aromatic carbocycles. The third-order valence-corrected chi connectivity index (χ3v) is 4.19. The van der Waals surface area contributed by atoms with Gasteiger partial charge in [-0.3, -0.25) is 14.5 Å². The lowest BCUT2D eigenvalue weighted by Crippen LogP contribution is -2.40. The number of pyridine rings is 1. The largest absolute Gasteiger partial charge is 0.381 e. The first-order chi connectivity index (χ1) is 11.2. The molecule has 6 nitrogen and oxygen atoms in total. The Balaban J connectivity index is 1.75. The number of hydrogen-bond acceptors (Lipinski definition) is 4. The molecule has 0 radical (unpaired) electrons. The zero-order valence-electron chi connectivity index (χ0n) is 13.6. The van der Waals surface area contributed by atoms with Crippen molar-refractivity contribution in [2.45, 2.75) is 25.8 Å². The molecule has 0 fully saturated rings. The fourth-order valence-corrected chi connectivity index (χ4v) is 3.11. The summed E-state index contributed by atoms with van der Waals surface area (Å²) < 4.78 is 7.51. The third-order valence-electron chi connectivity index (χ3n) is 4.19. The van der Waals surface area contributed by atoms with Gasteiger partial charge in [0.1, 0.15) is 0 Å². The minimum absolute atomic E-state index is 0.0969. The van der Waals surface area contributed by atoms with Gasteiger partial charge in [0.2, 0.25) is 5.91 Å². The molecule has 1 unspecified atom stereocenters. The first-order valence-electron chi connectivity index (χ1n) is 7.95. The van der Waals surface area contributed by atoms with Crippen LogP contribution < -0.4 is 0 Å². The third kappa shape index (κ3) is 3.42. The second-order valence-electron chi connectivity index (χ2n) is 5.81. The van der Waals surface area contributed by atoms with Gasteiger partial charge < -0.3 is 9.64 Å². The standard InChI is InChI=1S/C17H22N4O2/c1-3-23-12-14-11-21(10-13-9-19-20(2)17(13)14)16(22)8-15-6-4-5-7-18-15/h4-7,9,14H,3,8,10-12H2,1-2H3. The SMILES string of the molecule is CCOCC1CN(C(=O)Cc2ccccn2)Cc2cnn(C)c21. The van der Waals surface area contributed by atoms with E-state index in [9.17, 15) is 4.79 Å². The van der Waals surface area contributed by atoms with Crippen molar-refractivity contribution in [1.29, 1.82) is 0 Å². The normalized spacial score (nSPS) is 17.1. The van der Waals surface area contributed by atoms with Gasteiger partial charge in [0.05, 0.1) is 24.9 Å². The highest BCUT2D eigenvalue weighted by Gasteiger charge is 2.31. The van der Waals surface area contributed by atoms with Crippen molar-refractivity contribution in [3.63, 3.8) is 0 Å². The van der Waals surface area contributed by atoms with Crippen LogP contribution in [0.25, 0.3) is 0 Å². The highest BCUT2D eigenvalue weighted by Crippen LogP contribution is 2.28. The Bertz CT molecular complexity index is 668. The van der Waals surface area contributed by atoms with E-state index in [-0.39, 0.29) is 11.8 Å². The van der Waals surface area contributed by atoms with Gasteiger partial charge in [-0.05, 0) is 19.1 Å². The van der Waals surface area contributed by atoms with Gasteiger partial charge in [-0.2, -0.15) is 5.10 Å². The zero-order chi connectivity index (χ0) is 16.2. The maximum Gasteiger partial charge on any atom is 0.228 e. The predicted molar refractivity (Wildman–Crippen MR) is 85.8 cm³/mol. The second kappa shape index (κ2) is 6.91. The number of carbonyl (C=O) groups excluding carboxylic acids is 1. The number of carbonyl (C=O) groups is 1. The predicted octanol–water partition coefficient (Wildman–Crippen LogP) is 1.52. The first kappa shape index (κ1) is 15.7.